The van der Waals surface area contributed by atoms with Crippen LogP contribution < -0.4 is 5.32 Å². The van der Waals surface area contributed by atoms with Crippen molar-refractivity contribution in [2.45, 2.75) is 26.9 Å². The van der Waals surface area contributed by atoms with E-state index in [4.69, 9.17) is 4.52 Å². The van der Waals surface area contributed by atoms with Gasteiger partial charge in [0.1, 0.15) is 5.76 Å². The topological polar surface area (TPSA) is 55.4 Å². The maximum atomic E-state index is 5.04. The van der Waals surface area contributed by atoms with Crippen molar-refractivity contribution in [1.82, 2.24) is 19.9 Å². The van der Waals surface area contributed by atoms with Crippen molar-refractivity contribution < 1.29 is 4.52 Å². The minimum Gasteiger partial charge on any atom is -0.360 e. The molecule has 6 heteroatoms. The number of hydrogen-bond donors (Lipinski definition) is 1. The van der Waals surface area contributed by atoms with Crippen LogP contribution in [-0.2, 0) is 13.1 Å². The van der Waals surface area contributed by atoms with E-state index in [1.807, 2.05) is 13.0 Å². The van der Waals surface area contributed by atoms with E-state index >= 15 is 0 Å². The Hall–Kier alpha value is -1.66. The van der Waals surface area contributed by atoms with Crippen LogP contribution in [0, 0.1) is 13.8 Å². The van der Waals surface area contributed by atoms with Crippen LogP contribution in [0.1, 0.15) is 22.0 Å². The summed E-state index contributed by atoms with van der Waals surface area (Å²) in [5.41, 5.74) is 2.28. The van der Waals surface area contributed by atoms with Gasteiger partial charge >= 0.3 is 0 Å². The van der Waals surface area contributed by atoms with Gasteiger partial charge in [0.2, 0.25) is 0 Å². The lowest BCUT2D eigenvalue weighted by Gasteiger charge is -2.02. The second-order valence-corrected chi connectivity index (χ2v) is 5.43. The lowest BCUT2D eigenvalue weighted by Crippen LogP contribution is -2.14. The molecular weight excluding hydrogens is 248 g/mol. The third kappa shape index (κ3) is 2.04. The predicted molar refractivity (Wildman–Crippen MR) is 69.6 cm³/mol. The molecule has 5 nitrogen and oxygen atoms in total. The maximum absolute atomic E-state index is 5.04. The maximum Gasteiger partial charge on any atom is 0.194 e. The fourth-order valence-electron chi connectivity index (χ4n) is 1.96. The number of hydrogen-bond acceptors (Lipinski definition) is 5. The summed E-state index contributed by atoms with van der Waals surface area (Å²) in [4.78, 5) is 6.88. The van der Waals surface area contributed by atoms with Crippen LogP contribution >= 0.6 is 11.3 Å². The van der Waals surface area contributed by atoms with Crippen molar-refractivity contribution >= 4 is 16.3 Å². The van der Waals surface area contributed by atoms with Crippen LogP contribution in [0.25, 0.3) is 4.96 Å². The summed E-state index contributed by atoms with van der Waals surface area (Å²) in [5.74, 6) is 0.843. The fourth-order valence-corrected chi connectivity index (χ4v) is 2.85. The molecule has 1 N–H and O–H groups in total. The molecule has 0 aromatic carbocycles. The number of imidazole rings is 1. The average Bonchev–Trinajstić information content (AvgIpc) is 2.99. The zero-order chi connectivity index (χ0) is 12.5. The predicted octanol–water partition coefficient (Wildman–Crippen LogP) is 2.29. The summed E-state index contributed by atoms with van der Waals surface area (Å²) >= 11 is 1.71. The highest BCUT2D eigenvalue weighted by Gasteiger charge is 2.10. The Morgan fingerprint density at radius 3 is 3.06 bits per heavy atom. The van der Waals surface area contributed by atoms with E-state index in [2.05, 4.69) is 33.0 Å². The molecule has 0 amide bonds. The lowest BCUT2D eigenvalue weighted by molar-refractivity contribution is 0.372. The second-order valence-electron chi connectivity index (χ2n) is 4.22. The summed E-state index contributed by atoms with van der Waals surface area (Å²) in [7, 11) is 0. The Kier molecular flexibility index (Phi) is 2.89. The molecule has 0 unspecified atom stereocenters. The summed E-state index contributed by atoms with van der Waals surface area (Å²) in [6.07, 6.45) is 3.78. The van der Waals surface area contributed by atoms with Gasteiger partial charge in [0, 0.05) is 23.7 Å². The molecule has 0 atom stereocenters. The first-order valence-electron chi connectivity index (χ1n) is 5.78. The van der Waals surface area contributed by atoms with Gasteiger partial charge in [-0.05, 0) is 13.8 Å². The standard InChI is InChI=1S/C12H14N4OS/c1-8-7-16-11(9(2)15-12(16)18-8)6-13-5-10-3-4-14-17-10/h3-4,7,13H,5-6H2,1-2H3. The Bertz CT molecular complexity index is 653. The third-order valence-corrected chi connectivity index (χ3v) is 3.72. The molecule has 0 fully saturated rings. The highest BCUT2D eigenvalue weighted by Crippen LogP contribution is 2.20. The number of aromatic nitrogens is 3. The molecule has 0 bridgehead atoms. The molecule has 0 spiro atoms. The van der Waals surface area contributed by atoms with Gasteiger partial charge in [-0.15, -0.1) is 11.3 Å². The third-order valence-electron chi connectivity index (χ3n) is 2.82. The number of fused-ring (bicyclic) bond motifs is 1. The van der Waals surface area contributed by atoms with Gasteiger partial charge in [0.25, 0.3) is 0 Å². The Labute approximate surface area is 108 Å². The molecule has 0 saturated heterocycles. The van der Waals surface area contributed by atoms with Gasteiger partial charge in [-0.25, -0.2) is 4.98 Å². The molecule has 94 valence electrons. The Balaban J connectivity index is 1.75. The van der Waals surface area contributed by atoms with Gasteiger partial charge in [-0.2, -0.15) is 0 Å². The first kappa shape index (κ1) is 11.4. The average molecular weight is 262 g/mol. The van der Waals surface area contributed by atoms with E-state index in [1.165, 1.54) is 10.6 Å². The highest BCUT2D eigenvalue weighted by atomic mass is 32.1. The molecule has 0 aliphatic heterocycles. The van der Waals surface area contributed by atoms with E-state index in [0.29, 0.717) is 6.54 Å². The quantitative estimate of drug-likeness (QED) is 0.783. The van der Waals surface area contributed by atoms with E-state index in [-0.39, 0.29) is 0 Å². The molecule has 0 radical (unpaired) electrons. The van der Waals surface area contributed by atoms with Crippen molar-refractivity contribution in [3.63, 3.8) is 0 Å². The molecule has 3 rings (SSSR count). The van der Waals surface area contributed by atoms with Crippen molar-refractivity contribution in [2.24, 2.45) is 0 Å². The van der Waals surface area contributed by atoms with E-state index < -0.39 is 0 Å². The summed E-state index contributed by atoms with van der Waals surface area (Å²) in [6.45, 7) is 5.58. The fraction of sp³-hybridized carbons (Fsp3) is 0.333. The van der Waals surface area contributed by atoms with E-state index in [9.17, 15) is 0 Å². The minimum atomic E-state index is 0.676. The largest absolute Gasteiger partial charge is 0.360 e. The second kappa shape index (κ2) is 4.55. The van der Waals surface area contributed by atoms with Crippen molar-refractivity contribution in [3.8, 4) is 0 Å². The summed E-state index contributed by atoms with van der Waals surface area (Å²) in [6, 6.07) is 1.86. The SMILES string of the molecule is Cc1cn2c(CNCc3ccno3)c(C)nc2s1. The van der Waals surface area contributed by atoms with Crippen LogP contribution in [0.5, 0.6) is 0 Å². The number of nitrogens with zero attached hydrogens (tertiary/aromatic N) is 3. The van der Waals surface area contributed by atoms with Crippen molar-refractivity contribution in [2.75, 3.05) is 0 Å². The van der Waals surface area contributed by atoms with Gasteiger partial charge in [-0.1, -0.05) is 5.16 Å². The molecular formula is C12H14N4OS. The van der Waals surface area contributed by atoms with E-state index in [0.717, 1.165) is 23.0 Å². The first-order chi connectivity index (χ1) is 8.74. The van der Waals surface area contributed by atoms with Crippen molar-refractivity contribution in [1.29, 1.82) is 0 Å². The summed E-state index contributed by atoms with van der Waals surface area (Å²) in [5, 5.41) is 7.02. The van der Waals surface area contributed by atoms with Crippen LogP contribution in [0.2, 0.25) is 0 Å². The highest BCUT2D eigenvalue weighted by molar-refractivity contribution is 7.17. The van der Waals surface area contributed by atoms with Gasteiger partial charge in [0.05, 0.1) is 24.1 Å². The summed E-state index contributed by atoms with van der Waals surface area (Å²) < 4.78 is 7.20. The molecule has 3 heterocycles. The monoisotopic (exact) mass is 262 g/mol. The van der Waals surface area contributed by atoms with Gasteiger partial charge in [-0.3, -0.25) is 4.40 Å². The Morgan fingerprint density at radius 2 is 2.28 bits per heavy atom. The lowest BCUT2D eigenvalue weighted by atomic mass is 10.3. The Morgan fingerprint density at radius 1 is 1.39 bits per heavy atom. The van der Waals surface area contributed by atoms with E-state index in [1.54, 1.807) is 17.5 Å². The van der Waals surface area contributed by atoms with Crippen molar-refractivity contribution in [3.05, 3.63) is 40.5 Å². The molecule has 0 saturated carbocycles. The number of rotatable bonds is 4. The smallest absolute Gasteiger partial charge is 0.194 e. The van der Waals surface area contributed by atoms with Crippen LogP contribution in [0.15, 0.2) is 23.0 Å². The van der Waals surface area contributed by atoms with Crippen LogP contribution in [0.3, 0.4) is 0 Å². The van der Waals surface area contributed by atoms with Gasteiger partial charge < -0.3 is 9.84 Å². The van der Waals surface area contributed by atoms with Crippen LogP contribution in [0.4, 0.5) is 0 Å². The molecule has 18 heavy (non-hydrogen) atoms. The first-order valence-corrected chi connectivity index (χ1v) is 6.60. The normalized spacial score (nSPS) is 11.4. The number of thiazole rings is 1. The zero-order valence-electron chi connectivity index (χ0n) is 10.3. The number of aryl methyl sites for hydroxylation is 2. The van der Waals surface area contributed by atoms with Crippen LogP contribution in [-0.4, -0.2) is 14.5 Å². The van der Waals surface area contributed by atoms with Gasteiger partial charge in [0.15, 0.2) is 4.96 Å². The minimum absolute atomic E-state index is 0.676. The molecule has 3 aromatic rings. The molecule has 0 aliphatic carbocycles. The molecule has 3 aromatic heterocycles. The zero-order valence-corrected chi connectivity index (χ0v) is 11.1. The number of nitrogens with one attached hydrogen (secondary N) is 1. The molecule has 0 aliphatic rings.